The van der Waals surface area contributed by atoms with E-state index in [1.807, 2.05) is 26.0 Å². The number of carbonyl (C=O) groups is 1. The first-order chi connectivity index (χ1) is 9.11. The minimum absolute atomic E-state index is 0.260. The Morgan fingerprint density at radius 1 is 1.21 bits per heavy atom. The molecule has 0 aromatic carbocycles. The summed E-state index contributed by atoms with van der Waals surface area (Å²) < 4.78 is 0. The molecule has 0 aliphatic carbocycles. The third-order valence-corrected chi connectivity index (χ3v) is 2.69. The Kier molecular flexibility index (Phi) is 3.72. The molecule has 0 spiro atoms. The fraction of sp³-hybridized carbons (Fsp3) is 0.154. The first kappa shape index (κ1) is 13.0. The van der Waals surface area contributed by atoms with Crippen LogP contribution in [0.15, 0.2) is 30.6 Å². The molecule has 98 valence electrons. The lowest BCUT2D eigenvalue weighted by Gasteiger charge is -2.10. The SMILES string of the molecule is Cc1ccc(NC(=O)c2ccncc2NN)c(C)n1. The molecule has 19 heavy (non-hydrogen) atoms. The van der Waals surface area contributed by atoms with Crippen LogP contribution < -0.4 is 16.6 Å². The maximum Gasteiger partial charge on any atom is 0.257 e. The predicted octanol–water partition coefficient (Wildman–Crippen LogP) is 1.63. The van der Waals surface area contributed by atoms with Crippen molar-refractivity contribution < 1.29 is 4.79 Å². The van der Waals surface area contributed by atoms with Crippen molar-refractivity contribution in [2.45, 2.75) is 13.8 Å². The van der Waals surface area contributed by atoms with Crippen LogP contribution in [-0.2, 0) is 0 Å². The smallest absolute Gasteiger partial charge is 0.257 e. The van der Waals surface area contributed by atoms with E-state index < -0.39 is 0 Å². The second-order valence-electron chi connectivity index (χ2n) is 4.11. The fourth-order valence-electron chi connectivity index (χ4n) is 1.72. The highest BCUT2D eigenvalue weighted by Crippen LogP contribution is 2.17. The van der Waals surface area contributed by atoms with Gasteiger partial charge in [-0.25, -0.2) is 0 Å². The Balaban J connectivity index is 2.26. The lowest BCUT2D eigenvalue weighted by Crippen LogP contribution is -2.18. The van der Waals surface area contributed by atoms with Crippen molar-refractivity contribution in [3.63, 3.8) is 0 Å². The van der Waals surface area contributed by atoms with Crippen molar-refractivity contribution in [1.29, 1.82) is 0 Å². The summed E-state index contributed by atoms with van der Waals surface area (Å²) in [5, 5.41) is 2.80. The van der Waals surface area contributed by atoms with Crippen LogP contribution >= 0.6 is 0 Å². The zero-order chi connectivity index (χ0) is 13.8. The molecule has 0 radical (unpaired) electrons. The monoisotopic (exact) mass is 257 g/mol. The maximum atomic E-state index is 12.2. The molecule has 0 unspecified atom stereocenters. The van der Waals surface area contributed by atoms with Crippen LogP contribution in [0.5, 0.6) is 0 Å². The van der Waals surface area contributed by atoms with E-state index in [1.165, 1.54) is 12.4 Å². The largest absolute Gasteiger partial charge is 0.322 e. The number of nitrogens with zero attached hydrogens (tertiary/aromatic N) is 2. The van der Waals surface area contributed by atoms with Gasteiger partial charge in [-0.05, 0) is 32.0 Å². The van der Waals surface area contributed by atoms with Gasteiger partial charge in [0.05, 0.1) is 28.8 Å². The highest BCUT2D eigenvalue weighted by molar-refractivity contribution is 6.08. The predicted molar refractivity (Wildman–Crippen MR) is 73.7 cm³/mol. The average Bonchev–Trinajstić information content (AvgIpc) is 2.41. The molecule has 2 aromatic heterocycles. The molecule has 6 nitrogen and oxygen atoms in total. The Morgan fingerprint density at radius 3 is 2.68 bits per heavy atom. The molecule has 4 N–H and O–H groups in total. The van der Waals surface area contributed by atoms with E-state index in [0.717, 1.165) is 11.4 Å². The lowest BCUT2D eigenvalue weighted by atomic mass is 10.2. The number of hydrogen-bond donors (Lipinski definition) is 3. The highest BCUT2D eigenvalue weighted by Gasteiger charge is 2.12. The number of pyridine rings is 2. The summed E-state index contributed by atoms with van der Waals surface area (Å²) in [7, 11) is 0. The van der Waals surface area contributed by atoms with E-state index >= 15 is 0 Å². The van der Waals surface area contributed by atoms with E-state index in [0.29, 0.717) is 16.9 Å². The number of rotatable bonds is 3. The molecule has 2 aromatic rings. The lowest BCUT2D eigenvalue weighted by molar-refractivity contribution is 0.102. The van der Waals surface area contributed by atoms with Gasteiger partial charge in [0, 0.05) is 11.9 Å². The third-order valence-electron chi connectivity index (χ3n) is 2.69. The number of aromatic nitrogens is 2. The van der Waals surface area contributed by atoms with Crippen molar-refractivity contribution in [3.8, 4) is 0 Å². The summed E-state index contributed by atoms with van der Waals surface area (Å²) in [6, 6.07) is 5.27. The molecule has 0 fully saturated rings. The minimum atomic E-state index is -0.260. The topological polar surface area (TPSA) is 92.9 Å². The third kappa shape index (κ3) is 2.86. The van der Waals surface area contributed by atoms with Gasteiger partial charge >= 0.3 is 0 Å². The first-order valence-corrected chi connectivity index (χ1v) is 5.78. The molecule has 2 rings (SSSR count). The zero-order valence-corrected chi connectivity index (χ0v) is 10.8. The molecule has 1 amide bonds. The number of nitrogens with two attached hydrogens (primary N) is 1. The van der Waals surface area contributed by atoms with Crippen LogP contribution in [0.1, 0.15) is 21.7 Å². The zero-order valence-electron chi connectivity index (χ0n) is 10.8. The van der Waals surface area contributed by atoms with E-state index in [9.17, 15) is 4.79 Å². The van der Waals surface area contributed by atoms with Crippen molar-refractivity contribution in [2.75, 3.05) is 10.7 Å². The Morgan fingerprint density at radius 2 is 2.00 bits per heavy atom. The number of amides is 1. The van der Waals surface area contributed by atoms with Crippen LogP contribution in [0.4, 0.5) is 11.4 Å². The standard InChI is InChI=1S/C13H15N5O/c1-8-3-4-11(9(2)16-8)17-13(19)10-5-6-15-7-12(10)18-14/h3-7,18H,14H2,1-2H3,(H,17,19). The second kappa shape index (κ2) is 5.45. The second-order valence-corrected chi connectivity index (χ2v) is 4.11. The Hall–Kier alpha value is -2.47. The summed E-state index contributed by atoms with van der Waals surface area (Å²) in [6.07, 6.45) is 3.03. The summed E-state index contributed by atoms with van der Waals surface area (Å²) >= 11 is 0. The number of carbonyl (C=O) groups excluding carboxylic acids is 1. The molecular weight excluding hydrogens is 242 g/mol. The molecule has 0 saturated carbocycles. The van der Waals surface area contributed by atoms with E-state index in [-0.39, 0.29) is 5.91 Å². The van der Waals surface area contributed by atoms with Gasteiger partial charge in [-0.3, -0.25) is 20.6 Å². The minimum Gasteiger partial charge on any atom is -0.322 e. The highest BCUT2D eigenvalue weighted by atomic mass is 16.1. The molecule has 6 heteroatoms. The van der Waals surface area contributed by atoms with Crippen LogP contribution in [0.25, 0.3) is 0 Å². The quantitative estimate of drug-likeness (QED) is 0.574. The van der Waals surface area contributed by atoms with Crippen LogP contribution in [0, 0.1) is 13.8 Å². The molecular formula is C13H15N5O. The molecule has 0 atom stereocenters. The van der Waals surface area contributed by atoms with E-state index in [2.05, 4.69) is 20.7 Å². The van der Waals surface area contributed by atoms with Gasteiger partial charge in [-0.15, -0.1) is 0 Å². The van der Waals surface area contributed by atoms with Crippen molar-refractivity contribution in [3.05, 3.63) is 47.5 Å². The van der Waals surface area contributed by atoms with Gasteiger partial charge in [-0.2, -0.15) is 0 Å². The number of nitrogen functional groups attached to an aromatic ring is 1. The fourth-order valence-corrected chi connectivity index (χ4v) is 1.72. The van der Waals surface area contributed by atoms with Crippen LogP contribution in [0.3, 0.4) is 0 Å². The van der Waals surface area contributed by atoms with Crippen LogP contribution in [-0.4, -0.2) is 15.9 Å². The molecule has 2 heterocycles. The summed E-state index contributed by atoms with van der Waals surface area (Å²) in [4.78, 5) is 20.4. The molecule has 0 saturated heterocycles. The number of hydrogen-bond acceptors (Lipinski definition) is 5. The van der Waals surface area contributed by atoms with Crippen molar-refractivity contribution >= 4 is 17.3 Å². The summed E-state index contributed by atoms with van der Waals surface area (Å²) in [5.74, 6) is 5.09. The van der Waals surface area contributed by atoms with Gasteiger partial charge < -0.3 is 10.7 Å². The summed E-state index contributed by atoms with van der Waals surface area (Å²) in [5.41, 5.74) is 5.70. The molecule has 0 bridgehead atoms. The van der Waals surface area contributed by atoms with E-state index in [1.54, 1.807) is 6.07 Å². The maximum absolute atomic E-state index is 12.2. The first-order valence-electron chi connectivity index (χ1n) is 5.78. The van der Waals surface area contributed by atoms with Crippen molar-refractivity contribution in [2.24, 2.45) is 5.84 Å². The van der Waals surface area contributed by atoms with Gasteiger partial charge in [0.2, 0.25) is 0 Å². The van der Waals surface area contributed by atoms with E-state index in [4.69, 9.17) is 5.84 Å². The van der Waals surface area contributed by atoms with Crippen LogP contribution in [0.2, 0.25) is 0 Å². The number of aryl methyl sites for hydroxylation is 2. The molecule has 0 aliphatic rings. The molecule has 0 aliphatic heterocycles. The number of anilines is 2. The normalized spacial score (nSPS) is 10.1. The average molecular weight is 257 g/mol. The van der Waals surface area contributed by atoms with Gasteiger partial charge in [0.25, 0.3) is 5.91 Å². The summed E-state index contributed by atoms with van der Waals surface area (Å²) in [6.45, 7) is 3.75. The van der Waals surface area contributed by atoms with Gasteiger partial charge in [0.1, 0.15) is 0 Å². The van der Waals surface area contributed by atoms with Crippen molar-refractivity contribution in [1.82, 2.24) is 9.97 Å². The van der Waals surface area contributed by atoms with Gasteiger partial charge in [0.15, 0.2) is 0 Å². The Labute approximate surface area is 111 Å². The number of nitrogens with one attached hydrogen (secondary N) is 2. The Bertz CT molecular complexity index is 612. The number of hydrazine groups is 1. The van der Waals surface area contributed by atoms with Gasteiger partial charge in [-0.1, -0.05) is 0 Å².